The molecule has 0 aliphatic heterocycles. The quantitative estimate of drug-likeness (QED) is 0.476. The topological polar surface area (TPSA) is 95.1 Å². The number of hydrogen-bond acceptors (Lipinski definition) is 7. The van der Waals surface area contributed by atoms with E-state index in [4.69, 9.17) is 9.15 Å². The minimum atomic E-state index is -0.298. The highest BCUT2D eigenvalue weighted by Gasteiger charge is 2.15. The number of carbonyl (C=O) groups is 1. The number of tetrazole rings is 1. The number of rotatable bonds is 5. The number of nitrogens with zero attached hydrogens (tertiary/aromatic N) is 4. The highest BCUT2D eigenvalue weighted by molar-refractivity contribution is 7.08. The number of thiophene rings is 1. The summed E-state index contributed by atoms with van der Waals surface area (Å²) in [5, 5.41) is 20.8. The number of para-hydroxylation sites is 1. The number of carbonyl (C=O) groups excluding carboxylic acids is 1. The van der Waals surface area contributed by atoms with E-state index in [9.17, 15) is 4.79 Å². The van der Waals surface area contributed by atoms with Gasteiger partial charge >= 0.3 is 0 Å². The molecule has 0 fully saturated rings. The SMILES string of the molecule is COc1cc2c(cc1NC(=O)Cn1nnc(-c3ccsc3)n1)oc1ccccc12. The van der Waals surface area contributed by atoms with Gasteiger partial charge in [0.1, 0.15) is 23.5 Å². The van der Waals surface area contributed by atoms with E-state index < -0.39 is 0 Å². The van der Waals surface area contributed by atoms with E-state index in [1.165, 1.54) is 4.80 Å². The zero-order valence-corrected chi connectivity index (χ0v) is 16.1. The van der Waals surface area contributed by atoms with Crippen molar-refractivity contribution in [3.8, 4) is 17.1 Å². The minimum Gasteiger partial charge on any atom is -0.495 e. The normalized spacial score (nSPS) is 11.2. The van der Waals surface area contributed by atoms with Crippen LogP contribution in [-0.2, 0) is 11.3 Å². The molecule has 0 radical (unpaired) electrons. The van der Waals surface area contributed by atoms with Gasteiger partial charge in [0.2, 0.25) is 11.7 Å². The molecule has 5 aromatic rings. The van der Waals surface area contributed by atoms with Crippen molar-refractivity contribution in [2.75, 3.05) is 12.4 Å². The van der Waals surface area contributed by atoms with Crippen molar-refractivity contribution >= 4 is 44.9 Å². The van der Waals surface area contributed by atoms with Crippen LogP contribution in [0.3, 0.4) is 0 Å². The van der Waals surface area contributed by atoms with E-state index in [0.29, 0.717) is 22.8 Å². The molecule has 9 heteroatoms. The lowest BCUT2D eigenvalue weighted by Crippen LogP contribution is -2.20. The third-order valence-corrected chi connectivity index (χ3v) is 5.17. The molecule has 3 heterocycles. The summed E-state index contributed by atoms with van der Waals surface area (Å²) in [5.74, 6) is 0.733. The number of fused-ring (bicyclic) bond motifs is 3. The number of anilines is 1. The molecule has 29 heavy (non-hydrogen) atoms. The van der Waals surface area contributed by atoms with Crippen LogP contribution in [-0.4, -0.2) is 33.2 Å². The van der Waals surface area contributed by atoms with Crippen molar-refractivity contribution in [3.05, 3.63) is 53.2 Å². The van der Waals surface area contributed by atoms with Crippen molar-refractivity contribution in [2.45, 2.75) is 6.54 Å². The van der Waals surface area contributed by atoms with Crippen LogP contribution in [0.5, 0.6) is 5.75 Å². The number of hydrogen-bond donors (Lipinski definition) is 1. The average molecular weight is 405 g/mol. The molecule has 144 valence electrons. The van der Waals surface area contributed by atoms with Gasteiger partial charge in [-0.15, -0.1) is 10.2 Å². The molecular formula is C20H15N5O3S. The first kappa shape index (κ1) is 17.4. The van der Waals surface area contributed by atoms with Gasteiger partial charge in [0.25, 0.3) is 0 Å². The zero-order valence-electron chi connectivity index (χ0n) is 15.3. The summed E-state index contributed by atoms with van der Waals surface area (Å²) < 4.78 is 11.4. The molecule has 0 aliphatic rings. The second kappa shape index (κ2) is 7.02. The second-order valence-electron chi connectivity index (χ2n) is 6.35. The molecule has 0 aliphatic carbocycles. The Bertz CT molecular complexity index is 1320. The number of furan rings is 1. The fourth-order valence-electron chi connectivity index (χ4n) is 3.15. The molecule has 0 saturated carbocycles. The van der Waals surface area contributed by atoms with Crippen LogP contribution in [0.1, 0.15) is 0 Å². The molecule has 1 amide bonds. The van der Waals surface area contributed by atoms with Gasteiger partial charge in [-0.05, 0) is 28.8 Å². The molecule has 5 rings (SSSR count). The third kappa shape index (κ3) is 3.21. The second-order valence-corrected chi connectivity index (χ2v) is 7.13. The molecule has 0 saturated heterocycles. The Kier molecular flexibility index (Phi) is 4.21. The van der Waals surface area contributed by atoms with Gasteiger partial charge in [-0.2, -0.15) is 16.1 Å². The number of aromatic nitrogens is 4. The largest absolute Gasteiger partial charge is 0.495 e. The van der Waals surface area contributed by atoms with Gasteiger partial charge in [0, 0.05) is 27.8 Å². The number of ether oxygens (including phenoxy) is 1. The van der Waals surface area contributed by atoms with Crippen LogP contribution in [0.2, 0.25) is 0 Å². The Hall–Kier alpha value is -3.72. The fourth-order valence-corrected chi connectivity index (χ4v) is 3.79. The molecule has 0 unspecified atom stereocenters. The van der Waals surface area contributed by atoms with Crippen LogP contribution >= 0.6 is 11.3 Å². The average Bonchev–Trinajstić information content (AvgIpc) is 3.46. The molecule has 3 aromatic heterocycles. The van der Waals surface area contributed by atoms with E-state index in [0.717, 1.165) is 21.9 Å². The van der Waals surface area contributed by atoms with Gasteiger partial charge in [0.05, 0.1) is 12.8 Å². The van der Waals surface area contributed by atoms with Gasteiger partial charge < -0.3 is 14.5 Å². The van der Waals surface area contributed by atoms with Crippen LogP contribution in [0.25, 0.3) is 33.3 Å². The van der Waals surface area contributed by atoms with Crippen molar-refractivity contribution < 1.29 is 13.9 Å². The van der Waals surface area contributed by atoms with Crippen molar-refractivity contribution in [3.63, 3.8) is 0 Å². The predicted octanol–water partition coefficient (Wildman–Crippen LogP) is 3.95. The van der Waals surface area contributed by atoms with Crippen molar-refractivity contribution in [1.29, 1.82) is 0 Å². The van der Waals surface area contributed by atoms with Crippen LogP contribution in [0.15, 0.2) is 57.6 Å². The molecular weight excluding hydrogens is 390 g/mol. The number of nitrogens with one attached hydrogen (secondary N) is 1. The fraction of sp³-hybridized carbons (Fsp3) is 0.100. The summed E-state index contributed by atoms with van der Waals surface area (Å²) in [4.78, 5) is 13.8. The Labute approximate surface area is 168 Å². The lowest BCUT2D eigenvalue weighted by Gasteiger charge is -2.10. The van der Waals surface area contributed by atoms with Gasteiger partial charge in [-0.25, -0.2) is 0 Å². The molecule has 0 atom stereocenters. The first-order valence-corrected chi connectivity index (χ1v) is 9.75. The Balaban J connectivity index is 1.40. The lowest BCUT2D eigenvalue weighted by atomic mass is 10.1. The van der Waals surface area contributed by atoms with Gasteiger partial charge in [-0.3, -0.25) is 4.79 Å². The lowest BCUT2D eigenvalue weighted by molar-refractivity contribution is -0.117. The van der Waals surface area contributed by atoms with E-state index in [1.54, 1.807) is 24.5 Å². The first-order valence-electron chi connectivity index (χ1n) is 8.81. The molecule has 0 spiro atoms. The van der Waals surface area contributed by atoms with Gasteiger partial charge in [0.15, 0.2) is 0 Å². The van der Waals surface area contributed by atoms with Gasteiger partial charge in [-0.1, -0.05) is 18.2 Å². The zero-order chi connectivity index (χ0) is 19.8. The first-order chi connectivity index (χ1) is 14.2. The number of benzene rings is 2. The monoisotopic (exact) mass is 405 g/mol. The summed E-state index contributed by atoms with van der Waals surface area (Å²) in [6.45, 7) is -0.0710. The highest BCUT2D eigenvalue weighted by atomic mass is 32.1. The molecule has 0 bridgehead atoms. The third-order valence-electron chi connectivity index (χ3n) is 4.49. The standard InChI is InChI=1S/C20H15N5O3S/c1-27-18-8-14-13-4-2-3-5-16(13)28-17(14)9-15(18)21-19(26)10-25-23-20(22-24-25)12-6-7-29-11-12/h2-9,11H,10H2,1H3,(H,21,26). The minimum absolute atomic E-state index is 0.0710. The highest BCUT2D eigenvalue weighted by Crippen LogP contribution is 2.36. The van der Waals surface area contributed by atoms with Crippen LogP contribution in [0.4, 0.5) is 5.69 Å². The Morgan fingerprint density at radius 3 is 2.93 bits per heavy atom. The predicted molar refractivity (Wildman–Crippen MR) is 110 cm³/mol. The maximum absolute atomic E-state index is 12.5. The maximum atomic E-state index is 12.5. The maximum Gasteiger partial charge on any atom is 0.248 e. The molecule has 1 N–H and O–H groups in total. The summed E-state index contributed by atoms with van der Waals surface area (Å²) in [5.41, 5.74) is 2.84. The summed E-state index contributed by atoms with van der Waals surface area (Å²) in [6.07, 6.45) is 0. The van der Waals surface area contributed by atoms with E-state index in [-0.39, 0.29) is 12.5 Å². The number of methoxy groups -OCH3 is 1. The molecule has 2 aromatic carbocycles. The summed E-state index contributed by atoms with van der Waals surface area (Å²) in [6, 6.07) is 13.3. The Morgan fingerprint density at radius 2 is 2.10 bits per heavy atom. The van der Waals surface area contributed by atoms with Crippen molar-refractivity contribution in [2.24, 2.45) is 0 Å². The molecule has 8 nitrogen and oxygen atoms in total. The smallest absolute Gasteiger partial charge is 0.248 e. The summed E-state index contributed by atoms with van der Waals surface area (Å²) in [7, 11) is 1.56. The van der Waals surface area contributed by atoms with E-state index >= 15 is 0 Å². The van der Waals surface area contributed by atoms with Crippen LogP contribution < -0.4 is 10.1 Å². The van der Waals surface area contributed by atoms with E-state index in [1.807, 2.05) is 47.2 Å². The van der Waals surface area contributed by atoms with E-state index in [2.05, 4.69) is 20.7 Å². The summed E-state index contributed by atoms with van der Waals surface area (Å²) >= 11 is 1.55. The van der Waals surface area contributed by atoms with Crippen LogP contribution in [0, 0.1) is 0 Å². The van der Waals surface area contributed by atoms with Crippen molar-refractivity contribution in [1.82, 2.24) is 20.2 Å². The number of amides is 1. The Morgan fingerprint density at radius 1 is 1.21 bits per heavy atom.